The average molecular weight is 330 g/mol. The molecule has 3 N–H and O–H groups in total. The Balaban J connectivity index is 1.60. The van der Waals surface area contributed by atoms with Gasteiger partial charge in [0.1, 0.15) is 0 Å². The molecule has 5 heteroatoms. The van der Waals surface area contributed by atoms with Crippen LogP contribution in [0.5, 0.6) is 0 Å². The number of rotatable bonds is 5. The molecule has 2 fully saturated rings. The van der Waals surface area contributed by atoms with Gasteiger partial charge in [0.2, 0.25) is 0 Å². The maximum Gasteiger partial charge on any atom is 0.279 e. The second kappa shape index (κ2) is 7.34. The van der Waals surface area contributed by atoms with Gasteiger partial charge in [-0.15, -0.1) is 0 Å². The van der Waals surface area contributed by atoms with Crippen LogP contribution in [0.1, 0.15) is 43.5 Å². The SMILES string of the molecule is C[C@H]1C[C@H](C)C[NH+](CC(=O)Nc2ccccc2C(=O)NC2CC2)C1. The van der Waals surface area contributed by atoms with E-state index in [1.165, 1.54) is 11.3 Å². The van der Waals surface area contributed by atoms with Crippen molar-refractivity contribution in [3.63, 3.8) is 0 Å². The number of quaternary nitrogens is 1. The van der Waals surface area contributed by atoms with E-state index in [0.717, 1.165) is 25.9 Å². The van der Waals surface area contributed by atoms with Crippen molar-refractivity contribution < 1.29 is 14.5 Å². The van der Waals surface area contributed by atoms with Gasteiger partial charge in [-0.3, -0.25) is 9.59 Å². The highest BCUT2D eigenvalue weighted by atomic mass is 16.2. The summed E-state index contributed by atoms with van der Waals surface area (Å²) in [5, 5.41) is 5.92. The summed E-state index contributed by atoms with van der Waals surface area (Å²) in [6.45, 7) is 7.06. The Kier molecular flexibility index (Phi) is 5.19. The number of anilines is 1. The van der Waals surface area contributed by atoms with E-state index in [1.54, 1.807) is 12.1 Å². The van der Waals surface area contributed by atoms with Crippen LogP contribution in [0.15, 0.2) is 24.3 Å². The molecule has 1 heterocycles. The van der Waals surface area contributed by atoms with Crippen LogP contribution in [0, 0.1) is 11.8 Å². The van der Waals surface area contributed by atoms with Crippen LogP contribution in [-0.4, -0.2) is 37.5 Å². The number of amides is 2. The molecule has 0 bridgehead atoms. The van der Waals surface area contributed by atoms with Gasteiger partial charge in [0.25, 0.3) is 11.8 Å². The molecule has 2 amide bonds. The second-order valence-electron chi connectivity index (χ2n) is 7.62. The summed E-state index contributed by atoms with van der Waals surface area (Å²) >= 11 is 0. The fourth-order valence-corrected chi connectivity index (χ4v) is 3.77. The molecule has 1 aromatic carbocycles. The van der Waals surface area contributed by atoms with Crippen LogP contribution < -0.4 is 15.5 Å². The number of piperidine rings is 1. The molecule has 0 radical (unpaired) electrons. The lowest BCUT2D eigenvalue weighted by Crippen LogP contribution is -3.15. The molecule has 130 valence electrons. The number of carbonyl (C=O) groups is 2. The van der Waals surface area contributed by atoms with E-state index in [9.17, 15) is 9.59 Å². The van der Waals surface area contributed by atoms with Gasteiger partial charge in [-0.2, -0.15) is 0 Å². The van der Waals surface area contributed by atoms with Crippen molar-refractivity contribution >= 4 is 17.5 Å². The maximum absolute atomic E-state index is 12.4. The first-order valence-electron chi connectivity index (χ1n) is 9.04. The van der Waals surface area contributed by atoms with Gasteiger partial charge < -0.3 is 15.5 Å². The first-order chi connectivity index (χ1) is 11.5. The Hall–Kier alpha value is -1.88. The minimum Gasteiger partial charge on any atom is -0.349 e. The topological polar surface area (TPSA) is 62.6 Å². The molecule has 2 atom stereocenters. The largest absolute Gasteiger partial charge is 0.349 e. The van der Waals surface area contributed by atoms with Gasteiger partial charge in [0.05, 0.1) is 24.3 Å². The van der Waals surface area contributed by atoms with Gasteiger partial charge in [-0.05, 0) is 31.4 Å². The van der Waals surface area contributed by atoms with E-state index >= 15 is 0 Å². The highest BCUT2D eigenvalue weighted by molar-refractivity contribution is 6.04. The van der Waals surface area contributed by atoms with Crippen molar-refractivity contribution in [1.29, 1.82) is 0 Å². The number of benzene rings is 1. The van der Waals surface area contributed by atoms with Gasteiger partial charge in [-0.25, -0.2) is 0 Å². The summed E-state index contributed by atoms with van der Waals surface area (Å²) in [4.78, 5) is 26.1. The number of nitrogens with one attached hydrogen (secondary N) is 3. The molecule has 1 aromatic rings. The van der Waals surface area contributed by atoms with E-state index in [0.29, 0.717) is 35.7 Å². The third kappa shape index (κ3) is 4.57. The number of para-hydroxylation sites is 1. The molecule has 1 aliphatic carbocycles. The molecule has 0 spiro atoms. The maximum atomic E-state index is 12.4. The third-order valence-electron chi connectivity index (χ3n) is 4.85. The third-order valence-corrected chi connectivity index (χ3v) is 4.85. The van der Waals surface area contributed by atoms with E-state index in [1.807, 2.05) is 12.1 Å². The van der Waals surface area contributed by atoms with Crippen LogP contribution in [-0.2, 0) is 4.79 Å². The van der Waals surface area contributed by atoms with Crippen molar-refractivity contribution in [2.75, 3.05) is 25.0 Å². The summed E-state index contributed by atoms with van der Waals surface area (Å²) in [6.07, 6.45) is 3.35. The fourth-order valence-electron chi connectivity index (χ4n) is 3.77. The predicted octanol–water partition coefficient (Wildman–Crippen LogP) is 1.08. The molecule has 0 aromatic heterocycles. The van der Waals surface area contributed by atoms with Crippen LogP contribution in [0.4, 0.5) is 5.69 Å². The molecular weight excluding hydrogens is 302 g/mol. The van der Waals surface area contributed by atoms with Gasteiger partial charge >= 0.3 is 0 Å². The van der Waals surface area contributed by atoms with Gasteiger partial charge in [0.15, 0.2) is 6.54 Å². The molecule has 24 heavy (non-hydrogen) atoms. The van der Waals surface area contributed by atoms with Crippen molar-refractivity contribution in [3.05, 3.63) is 29.8 Å². The Labute approximate surface area is 143 Å². The molecule has 1 aliphatic heterocycles. The van der Waals surface area contributed by atoms with Crippen LogP contribution in [0.2, 0.25) is 0 Å². The standard InChI is InChI=1S/C19H27N3O2/c1-13-9-14(2)11-22(10-13)12-18(23)21-17-6-4-3-5-16(17)19(24)20-15-7-8-15/h3-6,13-15H,7-12H2,1-2H3,(H,20,24)(H,21,23)/p+1/t13-,14-/m0/s1. The van der Waals surface area contributed by atoms with Crippen molar-refractivity contribution in [2.45, 2.75) is 39.2 Å². The summed E-state index contributed by atoms with van der Waals surface area (Å²) in [5.41, 5.74) is 1.16. The van der Waals surface area contributed by atoms with Crippen LogP contribution in [0.3, 0.4) is 0 Å². The Morgan fingerprint density at radius 3 is 2.46 bits per heavy atom. The lowest BCUT2D eigenvalue weighted by Gasteiger charge is -2.31. The Morgan fingerprint density at radius 1 is 1.12 bits per heavy atom. The van der Waals surface area contributed by atoms with E-state index in [4.69, 9.17) is 0 Å². The highest BCUT2D eigenvalue weighted by Crippen LogP contribution is 2.21. The highest BCUT2D eigenvalue weighted by Gasteiger charge is 2.28. The van der Waals surface area contributed by atoms with Crippen molar-refractivity contribution in [3.8, 4) is 0 Å². The zero-order valence-corrected chi connectivity index (χ0v) is 14.6. The van der Waals surface area contributed by atoms with E-state index in [-0.39, 0.29) is 11.8 Å². The first kappa shape index (κ1) is 17.0. The van der Waals surface area contributed by atoms with Crippen molar-refractivity contribution in [1.82, 2.24) is 5.32 Å². The molecule has 2 aliphatic rings. The molecule has 1 saturated heterocycles. The quantitative estimate of drug-likeness (QED) is 0.756. The van der Waals surface area contributed by atoms with Gasteiger partial charge in [-0.1, -0.05) is 26.0 Å². The Morgan fingerprint density at radius 2 is 1.79 bits per heavy atom. The van der Waals surface area contributed by atoms with E-state index < -0.39 is 0 Å². The molecule has 5 nitrogen and oxygen atoms in total. The summed E-state index contributed by atoms with van der Waals surface area (Å²) in [6, 6.07) is 7.56. The molecule has 3 rings (SSSR count). The molecule has 1 saturated carbocycles. The molecule has 0 unspecified atom stereocenters. The zero-order valence-electron chi connectivity index (χ0n) is 14.6. The fraction of sp³-hybridized carbons (Fsp3) is 0.579. The average Bonchev–Trinajstić information content (AvgIpc) is 3.30. The summed E-state index contributed by atoms with van der Waals surface area (Å²) < 4.78 is 0. The minimum atomic E-state index is -0.0963. The lowest BCUT2D eigenvalue weighted by atomic mass is 9.92. The number of hydrogen-bond acceptors (Lipinski definition) is 2. The number of hydrogen-bond donors (Lipinski definition) is 3. The van der Waals surface area contributed by atoms with Crippen molar-refractivity contribution in [2.24, 2.45) is 11.8 Å². The first-order valence-corrected chi connectivity index (χ1v) is 9.04. The Bertz CT molecular complexity index is 602. The molecular formula is C19H28N3O2+. The normalized spacial score (nSPS) is 26.7. The van der Waals surface area contributed by atoms with Crippen LogP contribution in [0.25, 0.3) is 0 Å². The summed E-state index contributed by atoms with van der Waals surface area (Å²) in [5.74, 6) is 1.21. The lowest BCUT2D eigenvalue weighted by molar-refractivity contribution is -0.904. The number of likely N-dealkylation sites (tertiary alicyclic amines) is 1. The predicted molar refractivity (Wildman–Crippen MR) is 94.1 cm³/mol. The second-order valence-corrected chi connectivity index (χ2v) is 7.62. The van der Waals surface area contributed by atoms with Gasteiger partial charge in [0, 0.05) is 17.9 Å². The zero-order chi connectivity index (χ0) is 17.1. The monoisotopic (exact) mass is 330 g/mol. The van der Waals surface area contributed by atoms with Crippen LogP contribution >= 0.6 is 0 Å². The van der Waals surface area contributed by atoms with E-state index in [2.05, 4.69) is 24.5 Å². The number of carbonyl (C=O) groups excluding carboxylic acids is 2. The summed E-state index contributed by atoms with van der Waals surface area (Å²) in [7, 11) is 0. The minimum absolute atomic E-state index is 0.0158. The smallest absolute Gasteiger partial charge is 0.279 e.